The minimum atomic E-state index is -1.13. The molecule has 5 N–H and O–H groups in total. The molecular formula is C24H28N4O6. The number of benzene rings is 2. The fraction of sp³-hybridized carbons (Fsp3) is 0.333. The van der Waals surface area contributed by atoms with E-state index in [-0.39, 0.29) is 24.6 Å². The van der Waals surface area contributed by atoms with Crippen molar-refractivity contribution >= 4 is 29.5 Å². The molecule has 1 unspecified atom stereocenters. The van der Waals surface area contributed by atoms with E-state index in [4.69, 9.17) is 20.6 Å². The quantitative estimate of drug-likeness (QED) is 0.275. The summed E-state index contributed by atoms with van der Waals surface area (Å²) < 4.78 is 10.7. The van der Waals surface area contributed by atoms with Gasteiger partial charge in [-0.1, -0.05) is 12.1 Å². The van der Waals surface area contributed by atoms with Crippen molar-refractivity contribution in [3.63, 3.8) is 0 Å². The van der Waals surface area contributed by atoms with Gasteiger partial charge in [0.25, 0.3) is 5.91 Å². The summed E-state index contributed by atoms with van der Waals surface area (Å²) in [5.74, 6) is -1.29. The molecule has 0 bridgehead atoms. The van der Waals surface area contributed by atoms with Crippen LogP contribution in [0.3, 0.4) is 0 Å². The number of amidine groups is 1. The van der Waals surface area contributed by atoms with Crippen molar-refractivity contribution in [1.29, 1.82) is 5.41 Å². The average molecular weight is 469 g/mol. The molecule has 10 nitrogen and oxygen atoms in total. The van der Waals surface area contributed by atoms with Gasteiger partial charge in [0.2, 0.25) is 0 Å². The second-order valence-corrected chi connectivity index (χ2v) is 8.91. The van der Waals surface area contributed by atoms with Crippen LogP contribution in [0.15, 0.2) is 48.5 Å². The molecule has 1 heterocycles. The topological polar surface area (TPSA) is 155 Å². The third-order valence-electron chi connectivity index (χ3n) is 4.98. The standard InChI is InChI=1S/C24H28N4O6/c1-24(2,3)34-22(31)18(12-14-4-10-17(29)11-5-14)27-21(30)19-13-28(23(32)33-19)16-8-6-15(7-9-16)20(25)26/h4-11,18-19,29H,12-13H2,1-3H3,(H3,25,26)(H,27,30)/t18-,19?/m1/s1. The minimum Gasteiger partial charge on any atom is -0.508 e. The van der Waals surface area contributed by atoms with Gasteiger partial charge in [0.15, 0.2) is 6.10 Å². The highest BCUT2D eigenvalue weighted by Crippen LogP contribution is 2.23. The number of nitrogens with one attached hydrogen (secondary N) is 2. The maximum absolute atomic E-state index is 12.9. The van der Waals surface area contributed by atoms with Crippen molar-refractivity contribution in [1.82, 2.24) is 5.32 Å². The number of esters is 1. The van der Waals surface area contributed by atoms with Crippen molar-refractivity contribution in [3.8, 4) is 5.75 Å². The third kappa shape index (κ3) is 6.25. The number of phenolic OH excluding ortho intramolecular Hbond substituents is 1. The molecule has 2 amide bonds. The van der Waals surface area contributed by atoms with Crippen LogP contribution in [0.1, 0.15) is 31.9 Å². The van der Waals surface area contributed by atoms with Crippen molar-refractivity contribution in [2.45, 2.75) is 44.9 Å². The van der Waals surface area contributed by atoms with Crippen LogP contribution in [0.2, 0.25) is 0 Å². The number of aromatic hydroxyl groups is 1. The van der Waals surface area contributed by atoms with Crippen LogP contribution in [0.5, 0.6) is 5.75 Å². The number of nitrogens with zero attached hydrogens (tertiary/aromatic N) is 1. The number of cyclic esters (lactones) is 1. The summed E-state index contributed by atoms with van der Waals surface area (Å²) >= 11 is 0. The summed E-state index contributed by atoms with van der Waals surface area (Å²) in [7, 11) is 0. The van der Waals surface area contributed by atoms with Gasteiger partial charge in [0.1, 0.15) is 23.2 Å². The Hall–Kier alpha value is -4.08. The summed E-state index contributed by atoms with van der Waals surface area (Å²) in [6.07, 6.45) is -1.72. The predicted molar refractivity (Wildman–Crippen MR) is 125 cm³/mol. The third-order valence-corrected chi connectivity index (χ3v) is 4.98. The zero-order chi connectivity index (χ0) is 25.0. The first-order valence-electron chi connectivity index (χ1n) is 10.7. The molecule has 34 heavy (non-hydrogen) atoms. The number of anilines is 1. The average Bonchev–Trinajstić information content (AvgIpc) is 3.15. The van der Waals surface area contributed by atoms with Crippen molar-refractivity contribution in [3.05, 3.63) is 59.7 Å². The normalized spacial score (nSPS) is 16.5. The lowest BCUT2D eigenvalue weighted by Crippen LogP contribution is -2.49. The van der Waals surface area contributed by atoms with E-state index in [0.29, 0.717) is 16.8 Å². The maximum Gasteiger partial charge on any atom is 0.415 e. The van der Waals surface area contributed by atoms with Gasteiger partial charge in [-0.3, -0.25) is 15.1 Å². The second-order valence-electron chi connectivity index (χ2n) is 8.91. The number of carbonyl (C=O) groups is 3. The number of nitrogens with two attached hydrogens (primary N) is 1. The monoisotopic (exact) mass is 468 g/mol. The Kier molecular flexibility index (Phi) is 7.09. The second kappa shape index (κ2) is 9.82. The number of amides is 2. The van der Waals surface area contributed by atoms with Crippen LogP contribution >= 0.6 is 0 Å². The van der Waals surface area contributed by atoms with Gasteiger partial charge >= 0.3 is 12.1 Å². The summed E-state index contributed by atoms with van der Waals surface area (Å²) in [5.41, 5.74) is 6.37. The lowest BCUT2D eigenvalue weighted by Gasteiger charge is -2.25. The van der Waals surface area contributed by atoms with Crippen LogP contribution in [0.25, 0.3) is 0 Å². The number of ether oxygens (including phenoxy) is 2. The smallest absolute Gasteiger partial charge is 0.415 e. The van der Waals surface area contributed by atoms with E-state index in [1.807, 2.05) is 0 Å². The predicted octanol–water partition coefficient (Wildman–Crippen LogP) is 2.07. The molecule has 0 spiro atoms. The Morgan fingerprint density at radius 3 is 2.38 bits per heavy atom. The Labute approximate surface area is 197 Å². The summed E-state index contributed by atoms with van der Waals surface area (Å²) in [6.45, 7) is 5.11. The zero-order valence-corrected chi connectivity index (χ0v) is 19.2. The molecule has 1 aliphatic heterocycles. The van der Waals surface area contributed by atoms with E-state index in [1.165, 1.54) is 17.0 Å². The summed E-state index contributed by atoms with van der Waals surface area (Å²) in [6, 6.07) is 11.6. The number of nitrogen functional groups attached to an aromatic ring is 1. The van der Waals surface area contributed by atoms with Crippen LogP contribution in [0.4, 0.5) is 10.5 Å². The van der Waals surface area contributed by atoms with Gasteiger partial charge in [-0.05, 0) is 62.7 Å². The van der Waals surface area contributed by atoms with E-state index in [2.05, 4.69) is 5.32 Å². The molecule has 0 aliphatic carbocycles. The number of rotatable bonds is 7. The van der Waals surface area contributed by atoms with E-state index in [9.17, 15) is 19.5 Å². The fourth-order valence-electron chi connectivity index (χ4n) is 3.33. The van der Waals surface area contributed by atoms with Gasteiger partial charge in [0.05, 0.1) is 6.54 Å². The van der Waals surface area contributed by atoms with Gasteiger partial charge in [-0.25, -0.2) is 9.59 Å². The SMILES string of the molecule is CC(C)(C)OC(=O)[C@@H](Cc1ccc(O)cc1)NC(=O)C1CN(c2ccc(C(=N)N)cc2)C(=O)O1. The first-order chi connectivity index (χ1) is 15.9. The number of carbonyl (C=O) groups excluding carboxylic acids is 3. The number of phenols is 1. The van der Waals surface area contributed by atoms with Crippen LogP contribution in [-0.4, -0.2) is 53.2 Å². The largest absolute Gasteiger partial charge is 0.508 e. The first-order valence-corrected chi connectivity index (χ1v) is 10.7. The minimum absolute atomic E-state index is 0.0513. The Morgan fingerprint density at radius 2 is 1.82 bits per heavy atom. The molecule has 180 valence electrons. The van der Waals surface area contributed by atoms with Crippen LogP contribution < -0.4 is 16.0 Å². The van der Waals surface area contributed by atoms with Crippen molar-refractivity contribution < 1.29 is 29.0 Å². The van der Waals surface area contributed by atoms with E-state index >= 15 is 0 Å². The molecule has 10 heteroatoms. The molecule has 0 saturated carbocycles. The fourth-order valence-corrected chi connectivity index (χ4v) is 3.33. The highest BCUT2D eigenvalue weighted by atomic mass is 16.6. The van der Waals surface area contributed by atoms with Gasteiger partial charge in [-0.2, -0.15) is 0 Å². The van der Waals surface area contributed by atoms with E-state index in [1.54, 1.807) is 57.2 Å². The van der Waals surface area contributed by atoms with Crippen molar-refractivity contribution in [2.24, 2.45) is 5.73 Å². The first kappa shape index (κ1) is 24.6. The molecular weight excluding hydrogens is 440 g/mol. The lowest BCUT2D eigenvalue weighted by atomic mass is 10.0. The zero-order valence-electron chi connectivity index (χ0n) is 19.2. The molecule has 2 aromatic carbocycles. The van der Waals surface area contributed by atoms with Crippen molar-refractivity contribution in [2.75, 3.05) is 11.4 Å². The summed E-state index contributed by atoms with van der Waals surface area (Å²) in [4.78, 5) is 39.4. The molecule has 3 rings (SSSR count). The Balaban J connectivity index is 1.72. The number of hydrogen-bond acceptors (Lipinski definition) is 7. The summed E-state index contributed by atoms with van der Waals surface area (Å²) in [5, 5.41) is 19.6. The van der Waals surface area contributed by atoms with Crippen LogP contribution in [0, 0.1) is 5.41 Å². The molecule has 0 aromatic heterocycles. The number of hydrogen-bond donors (Lipinski definition) is 4. The van der Waals surface area contributed by atoms with Gasteiger partial charge in [0, 0.05) is 17.7 Å². The van der Waals surface area contributed by atoms with Gasteiger partial charge < -0.3 is 25.6 Å². The Morgan fingerprint density at radius 1 is 1.21 bits per heavy atom. The van der Waals surface area contributed by atoms with E-state index < -0.39 is 35.7 Å². The highest BCUT2D eigenvalue weighted by molar-refractivity contribution is 5.98. The highest BCUT2D eigenvalue weighted by Gasteiger charge is 2.39. The van der Waals surface area contributed by atoms with Gasteiger partial charge in [-0.15, -0.1) is 0 Å². The molecule has 2 aromatic rings. The Bertz CT molecular complexity index is 1080. The molecule has 1 aliphatic rings. The molecule has 1 saturated heterocycles. The molecule has 1 fully saturated rings. The maximum atomic E-state index is 12.9. The molecule has 2 atom stereocenters. The van der Waals surface area contributed by atoms with E-state index in [0.717, 1.165) is 0 Å². The lowest BCUT2D eigenvalue weighted by molar-refractivity contribution is -0.159. The van der Waals surface area contributed by atoms with Crippen LogP contribution in [-0.2, 0) is 25.5 Å². The molecule has 0 radical (unpaired) electrons.